The molecule has 1 aliphatic rings. The summed E-state index contributed by atoms with van der Waals surface area (Å²) in [7, 11) is 0. The first-order chi connectivity index (χ1) is 9.81. The molecule has 106 valence electrons. The Kier molecular flexibility index (Phi) is 3.97. The number of aryl methyl sites for hydroxylation is 1. The number of ether oxygens (including phenoxy) is 1. The minimum atomic E-state index is 0.223. The third-order valence-electron chi connectivity index (χ3n) is 3.49. The summed E-state index contributed by atoms with van der Waals surface area (Å²) in [6.07, 6.45) is 3.50. The van der Waals surface area contributed by atoms with Crippen LogP contribution in [0.4, 0.5) is 0 Å². The Balaban J connectivity index is 1.58. The van der Waals surface area contributed by atoms with Crippen molar-refractivity contribution in [2.24, 2.45) is 0 Å². The van der Waals surface area contributed by atoms with Crippen LogP contribution in [0.15, 0.2) is 28.8 Å². The van der Waals surface area contributed by atoms with Crippen LogP contribution in [0.25, 0.3) is 0 Å². The summed E-state index contributed by atoms with van der Waals surface area (Å²) in [6, 6.07) is 8.13. The van der Waals surface area contributed by atoms with E-state index < -0.39 is 0 Å². The van der Waals surface area contributed by atoms with Gasteiger partial charge in [-0.2, -0.15) is 4.98 Å². The highest BCUT2D eigenvalue weighted by molar-refractivity contribution is 5.26. The molecule has 2 heterocycles. The fraction of sp³-hybridized carbons (Fsp3) is 0.467. The van der Waals surface area contributed by atoms with Crippen molar-refractivity contribution in [2.45, 2.75) is 38.8 Å². The first-order valence-electron chi connectivity index (χ1n) is 7.06. The highest BCUT2D eigenvalue weighted by atomic mass is 16.5. The molecule has 1 N–H and O–H groups in total. The van der Waals surface area contributed by atoms with Gasteiger partial charge in [0.05, 0.1) is 6.04 Å². The van der Waals surface area contributed by atoms with E-state index in [4.69, 9.17) is 9.26 Å². The van der Waals surface area contributed by atoms with E-state index in [0.29, 0.717) is 12.5 Å². The second kappa shape index (κ2) is 6.05. The molecule has 1 aromatic carbocycles. The van der Waals surface area contributed by atoms with Gasteiger partial charge in [-0.15, -0.1) is 0 Å². The predicted octanol–water partition coefficient (Wildman–Crippen LogP) is 2.77. The van der Waals surface area contributed by atoms with Crippen molar-refractivity contribution < 1.29 is 9.26 Å². The van der Waals surface area contributed by atoms with Gasteiger partial charge in [0.25, 0.3) is 5.89 Å². The number of nitrogens with zero attached hydrogens (tertiary/aromatic N) is 2. The van der Waals surface area contributed by atoms with E-state index in [-0.39, 0.29) is 6.04 Å². The molecule has 20 heavy (non-hydrogen) atoms. The zero-order chi connectivity index (χ0) is 13.8. The van der Waals surface area contributed by atoms with Crippen LogP contribution in [0.3, 0.4) is 0 Å². The summed E-state index contributed by atoms with van der Waals surface area (Å²) in [6.45, 7) is 3.38. The molecule has 0 bridgehead atoms. The quantitative estimate of drug-likeness (QED) is 0.928. The summed E-state index contributed by atoms with van der Waals surface area (Å²) >= 11 is 0. The molecule has 0 spiro atoms. The molecule has 5 nitrogen and oxygen atoms in total. The minimum Gasteiger partial charge on any atom is -0.484 e. The van der Waals surface area contributed by atoms with Crippen LogP contribution in [0.1, 0.15) is 42.6 Å². The van der Waals surface area contributed by atoms with Crippen LogP contribution in [0.5, 0.6) is 5.75 Å². The number of benzene rings is 1. The number of hydrogen-bond acceptors (Lipinski definition) is 5. The average molecular weight is 273 g/mol. The first kappa shape index (κ1) is 13.1. The largest absolute Gasteiger partial charge is 0.484 e. The van der Waals surface area contributed by atoms with Gasteiger partial charge in [0.2, 0.25) is 0 Å². The lowest BCUT2D eigenvalue weighted by atomic mass is 10.0. The SMILES string of the molecule is Cc1ccc(OCc2nc([C@@H]3CCCCN3)no2)cc1. The Morgan fingerprint density at radius 3 is 2.90 bits per heavy atom. The van der Waals surface area contributed by atoms with Crippen molar-refractivity contribution in [3.63, 3.8) is 0 Å². The Hall–Kier alpha value is -1.88. The normalized spacial score (nSPS) is 18.9. The monoisotopic (exact) mass is 273 g/mol. The molecular weight excluding hydrogens is 254 g/mol. The van der Waals surface area contributed by atoms with Crippen LogP contribution in [0.2, 0.25) is 0 Å². The van der Waals surface area contributed by atoms with Gasteiger partial charge in [-0.3, -0.25) is 0 Å². The van der Waals surface area contributed by atoms with Crippen molar-refractivity contribution >= 4 is 0 Å². The molecule has 0 aliphatic carbocycles. The van der Waals surface area contributed by atoms with Gasteiger partial charge in [-0.05, 0) is 38.4 Å². The van der Waals surface area contributed by atoms with E-state index in [1.54, 1.807) is 0 Å². The lowest BCUT2D eigenvalue weighted by Crippen LogP contribution is -2.27. The standard InChI is InChI=1S/C15H19N3O2/c1-11-5-7-12(8-6-11)19-10-14-17-15(18-20-14)13-4-2-3-9-16-13/h5-8,13,16H,2-4,9-10H2,1H3/t13-/m0/s1. The van der Waals surface area contributed by atoms with E-state index in [1.807, 2.05) is 31.2 Å². The maximum Gasteiger partial charge on any atom is 0.264 e. The van der Waals surface area contributed by atoms with Crippen LogP contribution in [0, 0.1) is 6.92 Å². The Morgan fingerprint density at radius 2 is 2.15 bits per heavy atom. The second-order valence-electron chi connectivity index (χ2n) is 5.15. The van der Waals surface area contributed by atoms with Crippen molar-refractivity contribution in [1.29, 1.82) is 0 Å². The molecule has 1 fully saturated rings. The molecule has 0 radical (unpaired) electrons. The van der Waals surface area contributed by atoms with Gasteiger partial charge in [-0.1, -0.05) is 29.3 Å². The first-order valence-corrected chi connectivity index (χ1v) is 7.06. The molecule has 1 aromatic heterocycles. The molecule has 0 saturated carbocycles. The van der Waals surface area contributed by atoms with Gasteiger partial charge < -0.3 is 14.6 Å². The van der Waals surface area contributed by atoms with E-state index in [9.17, 15) is 0 Å². The molecular formula is C15H19N3O2. The Bertz CT molecular complexity index is 545. The summed E-state index contributed by atoms with van der Waals surface area (Å²) in [5.74, 6) is 2.08. The lowest BCUT2D eigenvalue weighted by Gasteiger charge is -2.19. The zero-order valence-corrected chi connectivity index (χ0v) is 11.6. The fourth-order valence-corrected chi connectivity index (χ4v) is 2.32. The summed E-state index contributed by atoms with van der Waals surface area (Å²) < 4.78 is 10.9. The van der Waals surface area contributed by atoms with Crippen LogP contribution < -0.4 is 10.1 Å². The second-order valence-corrected chi connectivity index (χ2v) is 5.15. The van der Waals surface area contributed by atoms with E-state index >= 15 is 0 Å². The third kappa shape index (κ3) is 3.17. The number of nitrogens with one attached hydrogen (secondary N) is 1. The number of rotatable bonds is 4. The number of piperidine rings is 1. The van der Waals surface area contributed by atoms with Crippen LogP contribution in [-0.2, 0) is 6.61 Å². The molecule has 2 aromatic rings. The van der Waals surface area contributed by atoms with Gasteiger partial charge in [-0.25, -0.2) is 0 Å². The van der Waals surface area contributed by atoms with Gasteiger partial charge in [0.1, 0.15) is 5.75 Å². The molecule has 1 aliphatic heterocycles. The molecule has 1 saturated heterocycles. The number of aromatic nitrogens is 2. The number of hydrogen-bond donors (Lipinski definition) is 1. The zero-order valence-electron chi connectivity index (χ0n) is 11.6. The van der Waals surface area contributed by atoms with Gasteiger partial charge >= 0.3 is 0 Å². The maximum atomic E-state index is 5.63. The third-order valence-corrected chi connectivity index (χ3v) is 3.49. The molecule has 0 amide bonds. The highest BCUT2D eigenvalue weighted by Crippen LogP contribution is 2.20. The minimum absolute atomic E-state index is 0.223. The summed E-state index contributed by atoms with van der Waals surface area (Å²) in [5.41, 5.74) is 1.21. The smallest absolute Gasteiger partial charge is 0.264 e. The van der Waals surface area contributed by atoms with E-state index in [0.717, 1.165) is 24.5 Å². The van der Waals surface area contributed by atoms with Crippen LogP contribution >= 0.6 is 0 Å². The summed E-state index contributed by atoms with van der Waals surface area (Å²) in [5, 5.41) is 7.44. The van der Waals surface area contributed by atoms with Crippen LogP contribution in [-0.4, -0.2) is 16.7 Å². The fourth-order valence-electron chi connectivity index (χ4n) is 2.32. The average Bonchev–Trinajstić information content (AvgIpc) is 2.97. The molecule has 1 atom stereocenters. The maximum absolute atomic E-state index is 5.63. The predicted molar refractivity (Wildman–Crippen MR) is 74.4 cm³/mol. The topological polar surface area (TPSA) is 60.2 Å². The van der Waals surface area contributed by atoms with Crippen molar-refractivity contribution in [3.8, 4) is 5.75 Å². The van der Waals surface area contributed by atoms with Crippen molar-refractivity contribution in [2.75, 3.05) is 6.54 Å². The summed E-state index contributed by atoms with van der Waals surface area (Å²) in [4.78, 5) is 4.40. The molecule has 3 rings (SSSR count). The lowest BCUT2D eigenvalue weighted by molar-refractivity contribution is 0.241. The van der Waals surface area contributed by atoms with Gasteiger partial charge in [0.15, 0.2) is 12.4 Å². The van der Waals surface area contributed by atoms with Crippen molar-refractivity contribution in [1.82, 2.24) is 15.5 Å². The highest BCUT2D eigenvalue weighted by Gasteiger charge is 2.20. The molecule has 5 heteroatoms. The molecule has 0 unspecified atom stereocenters. The van der Waals surface area contributed by atoms with Gasteiger partial charge in [0, 0.05) is 0 Å². The van der Waals surface area contributed by atoms with E-state index in [1.165, 1.54) is 18.4 Å². The Labute approximate surface area is 118 Å². The van der Waals surface area contributed by atoms with E-state index in [2.05, 4.69) is 15.5 Å². The van der Waals surface area contributed by atoms with Crippen molar-refractivity contribution in [3.05, 3.63) is 41.5 Å². The Morgan fingerprint density at radius 1 is 1.30 bits per heavy atom.